The van der Waals surface area contributed by atoms with Crippen molar-refractivity contribution >= 4 is 7.82 Å². The monoisotopic (exact) mass is 327 g/mol. The second-order valence-corrected chi connectivity index (χ2v) is 6.26. The summed E-state index contributed by atoms with van der Waals surface area (Å²) in [6.45, 7) is 2.43. The van der Waals surface area contributed by atoms with Gasteiger partial charge >= 0.3 is 7.82 Å². The van der Waals surface area contributed by atoms with Gasteiger partial charge in [-0.3, -0.25) is 4.52 Å². The molecule has 130 valence electrons. The molecule has 0 saturated heterocycles. The average Bonchev–Trinajstić information content (AvgIpc) is 2.43. The molecule has 0 fully saturated rings. The number of phosphoric ester groups is 1. The normalized spacial score (nSPS) is 11.1. The Labute approximate surface area is 129 Å². The number of unbranched alkanes of at least 4 members (excludes halogenated alkanes) is 9. The molecule has 0 heterocycles. The third kappa shape index (κ3) is 28.8. The van der Waals surface area contributed by atoms with E-state index in [1.165, 1.54) is 64.2 Å². The van der Waals surface area contributed by atoms with E-state index in [-0.39, 0.29) is 13.2 Å². The molecule has 0 aliphatic heterocycles. The zero-order valence-corrected chi connectivity index (χ0v) is 14.3. The number of hydrogen-bond donors (Lipinski definition) is 4. The van der Waals surface area contributed by atoms with E-state index >= 15 is 0 Å². The van der Waals surface area contributed by atoms with Crippen molar-refractivity contribution in [3.63, 3.8) is 0 Å². The van der Waals surface area contributed by atoms with Gasteiger partial charge in [-0.2, -0.15) is 0 Å². The summed E-state index contributed by atoms with van der Waals surface area (Å²) in [5.41, 5.74) is 5.42. The van der Waals surface area contributed by atoms with E-state index in [0.717, 1.165) is 6.54 Å². The standard InChI is InChI=1S/C12H27N.C2H7O5P/c1-2-3-4-5-6-7-8-9-10-11-12-13;3-1-2-7-8(4,5)6/h2-13H2,1H3;3H,1-2H2,(H2,4,5,6). The molecule has 0 saturated carbocycles. The Balaban J connectivity index is 0. The van der Waals surface area contributed by atoms with Gasteiger partial charge < -0.3 is 20.6 Å². The first-order valence-electron chi connectivity index (χ1n) is 7.99. The second kappa shape index (κ2) is 18.1. The van der Waals surface area contributed by atoms with Gasteiger partial charge in [-0.1, -0.05) is 64.7 Å². The van der Waals surface area contributed by atoms with E-state index in [4.69, 9.17) is 20.6 Å². The Bertz CT molecular complexity index is 225. The zero-order chi connectivity index (χ0) is 16.4. The molecule has 5 N–H and O–H groups in total. The molecule has 0 atom stereocenters. The minimum absolute atomic E-state index is 0.329. The molecule has 0 rings (SSSR count). The van der Waals surface area contributed by atoms with Crippen molar-refractivity contribution in [2.75, 3.05) is 19.8 Å². The van der Waals surface area contributed by atoms with Crippen molar-refractivity contribution in [3.05, 3.63) is 0 Å². The van der Waals surface area contributed by atoms with Gasteiger partial charge in [-0.05, 0) is 13.0 Å². The van der Waals surface area contributed by atoms with Crippen LogP contribution in [0.25, 0.3) is 0 Å². The van der Waals surface area contributed by atoms with E-state index < -0.39 is 7.82 Å². The number of hydrogen-bond acceptors (Lipinski definition) is 4. The molecule has 7 heteroatoms. The van der Waals surface area contributed by atoms with Crippen LogP contribution in [0.3, 0.4) is 0 Å². The molecule has 0 amide bonds. The van der Waals surface area contributed by atoms with Crippen molar-refractivity contribution in [2.45, 2.75) is 71.1 Å². The van der Waals surface area contributed by atoms with Crippen LogP contribution in [0.4, 0.5) is 0 Å². The number of phosphoric acid groups is 1. The predicted octanol–water partition coefficient (Wildman–Crippen LogP) is 2.95. The lowest BCUT2D eigenvalue weighted by molar-refractivity contribution is 0.151. The van der Waals surface area contributed by atoms with Crippen molar-refractivity contribution < 1.29 is 24.0 Å². The summed E-state index contributed by atoms with van der Waals surface area (Å²) in [5.74, 6) is 0. The summed E-state index contributed by atoms with van der Waals surface area (Å²) in [6, 6.07) is 0. The van der Waals surface area contributed by atoms with Gasteiger partial charge in [0, 0.05) is 0 Å². The maximum atomic E-state index is 9.75. The van der Waals surface area contributed by atoms with Gasteiger partial charge in [0.15, 0.2) is 0 Å². The first-order valence-corrected chi connectivity index (χ1v) is 9.52. The second-order valence-electron chi connectivity index (χ2n) is 5.02. The van der Waals surface area contributed by atoms with Crippen LogP contribution >= 0.6 is 7.82 Å². The smallest absolute Gasteiger partial charge is 0.394 e. The van der Waals surface area contributed by atoms with Crippen LogP contribution in [0.15, 0.2) is 0 Å². The Morgan fingerprint density at radius 1 is 0.905 bits per heavy atom. The highest BCUT2D eigenvalue weighted by Crippen LogP contribution is 2.34. The summed E-state index contributed by atoms with van der Waals surface area (Å²) >= 11 is 0. The van der Waals surface area contributed by atoms with Crippen LogP contribution in [-0.2, 0) is 9.09 Å². The fourth-order valence-electron chi connectivity index (χ4n) is 1.79. The minimum Gasteiger partial charge on any atom is -0.394 e. The van der Waals surface area contributed by atoms with Crippen LogP contribution in [0.2, 0.25) is 0 Å². The Kier molecular flexibility index (Phi) is 20.1. The lowest BCUT2D eigenvalue weighted by Crippen LogP contribution is -1.97. The van der Waals surface area contributed by atoms with Crippen LogP contribution in [0, 0.1) is 0 Å². The van der Waals surface area contributed by atoms with E-state index in [9.17, 15) is 4.57 Å². The summed E-state index contributed by atoms with van der Waals surface area (Å²) in [5, 5.41) is 7.96. The number of aliphatic hydroxyl groups excluding tert-OH is 1. The summed E-state index contributed by atoms with van der Waals surface area (Å²) in [7, 11) is -4.34. The lowest BCUT2D eigenvalue weighted by Gasteiger charge is -2.00. The largest absolute Gasteiger partial charge is 0.469 e. The Hall–Kier alpha value is 0.0300. The summed E-state index contributed by atoms with van der Waals surface area (Å²) in [4.78, 5) is 15.9. The maximum Gasteiger partial charge on any atom is 0.469 e. The molecule has 0 spiro atoms. The van der Waals surface area contributed by atoms with Crippen LogP contribution < -0.4 is 5.73 Å². The fourth-order valence-corrected chi connectivity index (χ4v) is 2.11. The first-order chi connectivity index (χ1) is 9.97. The predicted molar refractivity (Wildman–Crippen MR) is 86.0 cm³/mol. The highest BCUT2D eigenvalue weighted by Gasteiger charge is 2.11. The van der Waals surface area contributed by atoms with E-state index in [1.54, 1.807) is 0 Å². The van der Waals surface area contributed by atoms with Gasteiger partial charge in [0.1, 0.15) is 0 Å². The van der Waals surface area contributed by atoms with Crippen LogP contribution in [-0.4, -0.2) is 34.7 Å². The number of aliphatic hydroxyl groups is 1. The summed E-state index contributed by atoms with van der Waals surface area (Å²) in [6.07, 6.45) is 13.9. The first kappa shape index (κ1) is 23.3. The molecular weight excluding hydrogens is 293 g/mol. The van der Waals surface area contributed by atoms with Crippen molar-refractivity contribution in [1.29, 1.82) is 0 Å². The molecule has 21 heavy (non-hydrogen) atoms. The molecule has 0 aromatic carbocycles. The van der Waals surface area contributed by atoms with Crippen LogP contribution in [0.5, 0.6) is 0 Å². The quantitative estimate of drug-likeness (QED) is 0.305. The van der Waals surface area contributed by atoms with Gasteiger partial charge in [-0.15, -0.1) is 0 Å². The van der Waals surface area contributed by atoms with Crippen molar-refractivity contribution in [3.8, 4) is 0 Å². The Morgan fingerprint density at radius 3 is 1.62 bits per heavy atom. The maximum absolute atomic E-state index is 9.75. The Morgan fingerprint density at radius 2 is 1.33 bits per heavy atom. The highest BCUT2D eigenvalue weighted by atomic mass is 31.2. The molecular formula is C14H34NO5P. The molecule has 0 aliphatic carbocycles. The molecule has 0 aromatic rings. The highest BCUT2D eigenvalue weighted by molar-refractivity contribution is 7.46. The lowest BCUT2D eigenvalue weighted by atomic mass is 10.1. The average molecular weight is 327 g/mol. The van der Waals surface area contributed by atoms with Gasteiger partial charge in [0.2, 0.25) is 0 Å². The van der Waals surface area contributed by atoms with E-state index in [0.29, 0.717) is 0 Å². The number of nitrogens with two attached hydrogens (primary N) is 1. The third-order valence-electron chi connectivity index (χ3n) is 2.91. The van der Waals surface area contributed by atoms with E-state index in [2.05, 4.69) is 11.4 Å². The molecule has 0 aliphatic rings. The van der Waals surface area contributed by atoms with Crippen molar-refractivity contribution in [2.24, 2.45) is 5.73 Å². The molecule has 6 nitrogen and oxygen atoms in total. The van der Waals surface area contributed by atoms with Crippen LogP contribution in [0.1, 0.15) is 71.1 Å². The van der Waals surface area contributed by atoms with Gasteiger partial charge in [-0.25, -0.2) is 4.57 Å². The fraction of sp³-hybridized carbons (Fsp3) is 1.00. The topological polar surface area (TPSA) is 113 Å². The molecule has 0 aromatic heterocycles. The minimum atomic E-state index is -4.34. The third-order valence-corrected chi connectivity index (χ3v) is 3.43. The molecule has 0 radical (unpaired) electrons. The van der Waals surface area contributed by atoms with E-state index in [1.807, 2.05) is 0 Å². The zero-order valence-electron chi connectivity index (χ0n) is 13.4. The molecule has 0 bridgehead atoms. The summed E-state index contributed by atoms with van der Waals surface area (Å²) < 4.78 is 13.5. The molecule has 0 unspecified atom stereocenters. The van der Waals surface area contributed by atoms with Gasteiger partial charge in [0.05, 0.1) is 13.2 Å². The SMILES string of the molecule is CCCCCCCCCCCCN.O=P(O)(O)OCCO. The van der Waals surface area contributed by atoms with Gasteiger partial charge in [0.25, 0.3) is 0 Å². The number of rotatable bonds is 13. The van der Waals surface area contributed by atoms with Crippen molar-refractivity contribution in [1.82, 2.24) is 0 Å².